The van der Waals surface area contributed by atoms with Gasteiger partial charge in [0.15, 0.2) is 0 Å². The van der Waals surface area contributed by atoms with Crippen LogP contribution in [0.3, 0.4) is 0 Å². The van der Waals surface area contributed by atoms with Crippen molar-refractivity contribution in [2.24, 2.45) is 0 Å². The van der Waals surface area contributed by atoms with Gasteiger partial charge in [0.25, 0.3) is 0 Å². The molecule has 0 aromatic heterocycles. The molecule has 0 N–H and O–H groups in total. The molecule has 0 amide bonds. The van der Waals surface area contributed by atoms with E-state index in [0.717, 1.165) is 111 Å². The number of hydrogen-bond acceptors (Lipinski definition) is 0. The number of alkyl halides is 6. The fraction of sp³-hybridized carbons (Fsp3) is 0.0357. The highest BCUT2D eigenvalue weighted by Crippen LogP contribution is 2.48. The molecule has 298 valence electrons. The molecule has 0 aliphatic carbocycles. The molecule has 0 aliphatic heterocycles. The minimum atomic E-state index is -4.50. The Balaban J connectivity index is 1.31. The van der Waals surface area contributed by atoms with Crippen molar-refractivity contribution in [2.45, 2.75) is 12.4 Å². The maximum Gasteiger partial charge on any atom is 0.416 e. The van der Waals surface area contributed by atoms with E-state index in [0.29, 0.717) is 16.7 Å². The highest BCUT2D eigenvalue weighted by atomic mass is 19.4. The normalized spacial score (nSPS) is 12.4. The largest absolute Gasteiger partial charge is 0.416 e. The monoisotopic (exact) mass is 818 g/mol. The molecule has 0 nitrogen and oxygen atoms in total. The van der Waals surface area contributed by atoms with Gasteiger partial charge in [0, 0.05) is 0 Å². The van der Waals surface area contributed by atoms with Gasteiger partial charge in [0.05, 0.1) is 11.1 Å². The lowest BCUT2D eigenvalue weighted by molar-refractivity contribution is -0.138. The van der Waals surface area contributed by atoms with Gasteiger partial charge in [-0.3, -0.25) is 0 Å². The number of rotatable bonds is 4. The second kappa shape index (κ2) is 14.1. The van der Waals surface area contributed by atoms with Crippen LogP contribution in [0.4, 0.5) is 26.3 Å². The van der Waals surface area contributed by atoms with Crippen molar-refractivity contribution in [1.82, 2.24) is 0 Å². The van der Waals surface area contributed by atoms with Gasteiger partial charge >= 0.3 is 12.4 Å². The lowest BCUT2D eigenvalue weighted by atomic mass is 9.82. The lowest BCUT2D eigenvalue weighted by Crippen LogP contribution is -2.04. The van der Waals surface area contributed by atoms with E-state index in [9.17, 15) is 26.3 Å². The van der Waals surface area contributed by atoms with Gasteiger partial charge in [-0.1, -0.05) is 133 Å². The maximum atomic E-state index is 14.0. The van der Waals surface area contributed by atoms with Crippen molar-refractivity contribution in [3.05, 3.63) is 205 Å². The number of benzene rings is 11. The van der Waals surface area contributed by atoms with Crippen LogP contribution in [0, 0.1) is 0 Å². The summed E-state index contributed by atoms with van der Waals surface area (Å²) in [5.41, 5.74) is 4.68. The molecule has 11 aromatic carbocycles. The average Bonchev–Trinajstić information content (AvgIpc) is 3.29. The zero-order valence-electron chi connectivity index (χ0n) is 32.7. The second-order valence-corrected chi connectivity index (χ2v) is 15.8. The van der Waals surface area contributed by atoms with Crippen LogP contribution in [0.15, 0.2) is 194 Å². The Morgan fingerprint density at radius 3 is 1.39 bits per heavy atom. The molecule has 0 spiro atoms. The van der Waals surface area contributed by atoms with Crippen molar-refractivity contribution in [1.29, 1.82) is 0 Å². The number of halogens is 6. The average molecular weight is 819 g/mol. The molecule has 0 radical (unpaired) electrons. The van der Waals surface area contributed by atoms with Gasteiger partial charge in [-0.2, -0.15) is 26.3 Å². The molecule has 11 aromatic rings. The van der Waals surface area contributed by atoms with Crippen molar-refractivity contribution < 1.29 is 26.3 Å². The van der Waals surface area contributed by atoms with Crippen LogP contribution in [0.25, 0.3) is 109 Å². The highest BCUT2D eigenvalue weighted by molar-refractivity contribution is 6.25. The van der Waals surface area contributed by atoms with Gasteiger partial charge in [-0.25, -0.2) is 0 Å². The van der Waals surface area contributed by atoms with Gasteiger partial charge < -0.3 is 0 Å². The second-order valence-electron chi connectivity index (χ2n) is 15.8. The summed E-state index contributed by atoms with van der Waals surface area (Å²) < 4.78 is 83.6. The minimum Gasteiger partial charge on any atom is -0.166 e. The maximum absolute atomic E-state index is 14.0. The Morgan fingerprint density at radius 1 is 0.242 bits per heavy atom. The van der Waals surface area contributed by atoms with Crippen LogP contribution < -0.4 is 0 Å². The summed E-state index contributed by atoms with van der Waals surface area (Å²) in [6.07, 6.45) is -9.00. The summed E-state index contributed by atoms with van der Waals surface area (Å²) in [6, 6.07) is 60.0. The van der Waals surface area contributed by atoms with E-state index in [1.807, 2.05) is 66.7 Å². The Morgan fingerprint density at radius 2 is 0.758 bits per heavy atom. The first kappa shape index (κ1) is 37.6. The van der Waals surface area contributed by atoms with E-state index in [-0.39, 0.29) is 0 Å². The molecule has 0 fully saturated rings. The third kappa shape index (κ3) is 6.25. The molecule has 0 unspecified atom stereocenters. The van der Waals surface area contributed by atoms with Gasteiger partial charge in [0.1, 0.15) is 0 Å². The SMILES string of the molecule is FC(F)(F)c1ccc(-c2cc(-c3cc4ccccc4c4ccccc34)c3cc4cc(-c5cccc(C(F)(F)F)c5)ccc4c(-c4cc5ccccc5c5ccccc45)c3c2)cc1. The van der Waals surface area contributed by atoms with E-state index in [1.54, 1.807) is 6.07 Å². The first-order valence-electron chi connectivity index (χ1n) is 20.2. The third-order valence-corrected chi connectivity index (χ3v) is 12.2. The number of fused-ring (bicyclic) bond motifs is 8. The zero-order chi connectivity index (χ0) is 42.3. The van der Waals surface area contributed by atoms with E-state index in [4.69, 9.17) is 0 Å². The standard InChI is InChI=1S/C56H32F6/c57-55(58,59)40-23-20-33(21-24-40)38-30-50(49-28-36-10-1-3-14-42(36)45-16-5-7-18-47(45)49)51-32-39-26-35(34-12-9-13-41(27-34)56(60,61)62)22-25-44(39)54(53(51)31-38)52-29-37-11-2-4-15-43(37)46-17-6-8-19-48(46)52/h1-32H. The first-order valence-corrected chi connectivity index (χ1v) is 20.2. The van der Waals surface area contributed by atoms with Crippen molar-refractivity contribution in [3.63, 3.8) is 0 Å². The molecule has 0 bridgehead atoms. The van der Waals surface area contributed by atoms with E-state index < -0.39 is 23.5 Å². The molecule has 0 aliphatic rings. The van der Waals surface area contributed by atoms with Crippen LogP contribution in [-0.2, 0) is 12.4 Å². The van der Waals surface area contributed by atoms with Crippen molar-refractivity contribution in [3.8, 4) is 44.5 Å². The number of hydrogen-bond donors (Lipinski definition) is 0. The smallest absolute Gasteiger partial charge is 0.166 e. The molecular weight excluding hydrogens is 787 g/mol. The van der Waals surface area contributed by atoms with Gasteiger partial charge in [-0.15, -0.1) is 0 Å². The quantitative estimate of drug-likeness (QED) is 0.0943. The molecule has 0 saturated heterocycles. The summed E-state index contributed by atoms with van der Waals surface area (Å²) in [5.74, 6) is 0. The summed E-state index contributed by atoms with van der Waals surface area (Å²) in [5, 5.41) is 11.9. The summed E-state index contributed by atoms with van der Waals surface area (Å²) in [4.78, 5) is 0. The van der Waals surface area contributed by atoms with Gasteiger partial charge in [-0.05, 0) is 170 Å². The first-order chi connectivity index (χ1) is 30.0. The van der Waals surface area contributed by atoms with Crippen molar-refractivity contribution in [2.75, 3.05) is 0 Å². The minimum absolute atomic E-state index is 0.443. The topological polar surface area (TPSA) is 0 Å². The van der Waals surface area contributed by atoms with Crippen LogP contribution in [0.1, 0.15) is 11.1 Å². The Kier molecular flexibility index (Phi) is 8.52. The fourth-order valence-corrected chi connectivity index (χ4v) is 9.35. The Bertz CT molecular complexity index is 3600. The zero-order valence-corrected chi connectivity index (χ0v) is 32.7. The van der Waals surface area contributed by atoms with E-state index in [1.165, 1.54) is 24.3 Å². The van der Waals surface area contributed by atoms with Crippen LogP contribution in [-0.4, -0.2) is 0 Å². The van der Waals surface area contributed by atoms with Gasteiger partial charge in [0.2, 0.25) is 0 Å². The van der Waals surface area contributed by atoms with Crippen LogP contribution >= 0.6 is 0 Å². The van der Waals surface area contributed by atoms with Crippen molar-refractivity contribution >= 4 is 64.6 Å². The summed E-state index contributed by atoms with van der Waals surface area (Å²) >= 11 is 0. The van der Waals surface area contributed by atoms with E-state index >= 15 is 0 Å². The van der Waals surface area contributed by atoms with E-state index in [2.05, 4.69) is 78.9 Å². The van der Waals surface area contributed by atoms with Crippen LogP contribution in [0.2, 0.25) is 0 Å². The summed E-state index contributed by atoms with van der Waals surface area (Å²) in [6.45, 7) is 0. The van der Waals surface area contributed by atoms with Crippen LogP contribution in [0.5, 0.6) is 0 Å². The fourth-order valence-electron chi connectivity index (χ4n) is 9.35. The predicted molar refractivity (Wildman–Crippen MR) is 243 cm³/mol. The molecule has 6 heteroatoms. The molecule has 11 rings (SSSR count). The Labute approximate surface area is 351 Å². The lowest BCUT2D eigenvalue weighted by Gasteiger charge is -2.21. The summed E-state index contributed by atoms with van der Waals surface area (Å²) in [7, 11) is 0. The molecule has 62 heavy (non-hydrogen) atoms. The molecule has 0 heterocycles. The Hall–Kier alpha value is -7.44. The molecule has 0 atom stereocenters. The highest BCUT2D eigenvalue weighted by Gasteiger charge is 2.31. The molecule has 0 saturated carbocycles. The predicted octanol–water partition coefficient (Wildman–Crippen LogP) is 17.3. The molecular formula is C56H32F6. The third-order valence-electron chi connectivity index (χ3n) is 12.2.